The van der Waals surface area contributed by atoms with Gasteiger partial charge in [0, 0.05) is 17.3 Å². The number of carbonyl (C=O) groups is 2. The molecule has 1 amide bonds. The van der Waals surface area contributed by atoms with Crippen molar-refractivity contribution in [3.63, 3.8) is 0 Å². The Morgan fingerprint density at radius 2 is 2.12 bits per heavy atom. The Morgan fingerprint density at radius 1 is 1.42 bits per heavy atom. The zero-order chi connectivity index (χ0) is 17.6. The van der Waals surface area contributed by atoms with E-state index in [9.17, 15) is 14.0 Å². The van der Waals surface area contributed by atoms with Crippen LogP contribution in [0.2, 0.25) is 5.02 Å². The summed E-state index contributed by atoms with van der Waals surface area (Å²) < 4.78 is 19.2. The van der Waals surface area contributed by atoms with E-state index in [2.05, 4.69) is 21.2 Å². The van der Waals surface area contributed by atoms with Crippen LogP contribution in [-0.4, -0.2) is 17.8 Å². The van der Waals surface area contributed by atoms with E-state index in [1.54, 1.807) is 6.92 Å². The number of nitrogens with one attached hydrogen (secondary N) is 1. The summed E-state index contributed by atoms with van der Waals surface area (Å²) in [7, 11) is 0. The Kier molecular flexibility index (Phi) is 4.23. The average molecular weight is 414 g/mol. The van der Waals surface area contributed by atoms with Crippen molar-refractivity contribution >= 4 is 50.6 Å². The Bertz CT molecular complexity index is 888. The van der Waals surface area contributed by atoms with Gasteiger partial charge in [0.25, 0.3) is 5.91 Å². The molecule has 3 rings (SSSR count). The van der Waals surface area contributed by atoms with Crippen LogP contribution in [0.4, 0.5) is 15.8 Å². The van der Waals surface area contributed by atoms with Crippen molar-refractivity contribution in [2.24, 2.45) is 0 Å². The number of benzene rings is 2. The molecule has 1 aliphatic rings. The lowest BCUT2D eigenvalue weighted by atomic mass is 10.00. The molecule has 0 saturated heterocycles. The first-order valence-electron chi connectivity index (χ1n) is 6.89. The van der Waals surface area contributed by atoms with E-state index in [1.165, 1.54) is 12.1 Å². The van der Waals surface area contributed by atoms with Crippen LogP contribution in [0.5, 0.6) is 5.75 Å². The number of fused-ring (bicyclic) bond motifs is 1. The molecule has 0 fully saturated rings. The number of nitrogen functional groups attached to an aromatic ring is 1. The number of hydrogen-bond acceptors (Lipinski definition) is 4. The average Bonchev–Trinajstić information content (AvgIpc) is 2.52. The van der Waals surface area contributed by atoms with Gasteiger partial charge < -0.3 is 15.8 Å². The topological polar surface area (TPSA) is 81.4 Å². The Balaban J connectivity index is 2.15. The fraction of sp³-hybridized carbons (Fsp3) is 0.125. The minimum Gasteiger partial charge on any atom is -0.479 e. The van der Waals surface area contributed by atoms with Gasteiger partial charge in [-0.05, 0) is 41.1 Å². The minimum atomic E-state index is -0.678. The third kappa shape index (κ3) is 2.74. The molecule has 1 atom stereocenters. The molecule has 0 radical (unpaired) electrons. The normalized spacial score (nSPS) is 16.2. The molecule has 124 valence electrons. The third-order valence-corrected chi connectivity index (χ3v) is 4.70. The van der Waals surface area contributed by atoms with Gasteiger partial charge in [0.2, 0.25) is 0 Å². The van der Waals surface area contributed by atoms with Gasteiger partial charge >= 0.3 is 0 Å². The number of anilines is 2. The predicted molar refractivity (Wildman–Crippen MR) is 92.1 cm³/mol. The summed E-state index contributed by atoms with van der Waals surface area (Å²) in [6, 6.07) is 4.92. The van der Waals surface area contributed by atoms with E-state index < -0.39 is 17.7 Å². The maximum absolute atomic E-state index is 13.5. The van der Waals surface area contributed by atoms with Crippen LogP contribution in [0.25, 0.3) is 0 Å². The number of ether oxygens (including phenoxy) is 1. The summed E-state index contributed by atoms with van der Waals surface area (Å²) in [4.78, 5) is 24.6. The van der Waals surface area contributed by atoms with Crippen molar-refractivity contribution < 1.29 is 18.7 Å². The lowest BCUT2D eigenvalue weighted by Gasteiger charge is -2.26. The summed E-state index contributed by atoms with van der Waals surface area (Å²) in [5.74, 6) is -1.18. The molecule has 3 N–H and O–H groups in total. The van der Waals surface area contributed by atoms with Crippen LogP contribution in [0.1, 0.15) is 22.8 Å². The van der Waals surface area contributed by atoms with Crippen LogP contribution in [0.15, 0.2) is 28.7 Å². The summed E-state index contributed by atoms with van der Waals surface area (Å²) in [5, 5.41) is 2.75. The maximum Gasteiger partial charge on any atom is 0.265 e. The van der Waals surface area contributed by atoms with Crippen molar-refractivity contribution in [2.45, 2.75) is 13.0 Å². The second-order valence-corrected chi connectivity index (χ2v) is 6.43. The second kappa shape index (κ2) is 6.07. The minimum absolute atomic E-state index is 0.0274. The highest BCUT2D eigenvalue weighted by molar-refractivity contribution is 9.10. The Hall–Kier alpha value is -2.12. The van der Waals surface area contributed by atoms with Gasteiger partial charge in [-0.25, -0.2) is 4.39 Å². The molecular formula is C16H11BrClFN2O3. The molecule has 0 bridgehead atoms. The van der Waals surface area contributed by atoms with E-state index in [4.69, 9.17) is 22.1 Å². The highest BCUT2D eigenvalue weighted by Crippen LogP contribution is 2.42. The molecule has 2 aromatic rings. The van der Waals surface area contributed by atoms with Gasteiger partial charge in [-0.2, -0.15) is 0 Å². The molecular weight excluding hydrogens is 403 g/mol. The molecule has 5 nitrogen and oxygen atoms in total. The van der Waals surface area contributed by atoms with Crippen LogP contribution >= 0.6 is 27.5 Å². The van der Waals surface area contributed by atoms with Crippen LogP contribution in [0, 0.1) is 5.82 Å². The van der Waals surface area contributed by atoms with E-state index in [0.717, 1.165) is 12.1 Å². The summed E-state index contributed by atoms with van der Waals surface area (Å²) in [6.07, 6.45) is -0.678. The van der Waals surface area contributed by atoms with Crippen molar-refractivity contribution in [1.82, 2.24) is 0 Å². The van der Waals surface area contributed by atoms with Crippen LogP contribution < -0.4 is 15.8 Å². The molecule has 0 aromatic heterocycles. The number of rotatable bonds is 2. The number of nitrogens with two attached hydrogens (primary N) is 1. The molecule has 24 heavy (non-hydrogen) atoms. The first kappa shape index (κ1) is 16.7. The summed E-state index contributed by atoms with van der Waals surface area (Å²) in [6.45, 7) is 1.59. The second-order valence-electron chi connectivity index (χ2n) is 5.23. The van der Waals surface area contributed by atoms with E-state index in [-0.39, 0.29) is 32.2 Å². The first-order chi connectivity index (χ1) is 11.3. The zero-order valence-corrected chi connectivity index (χ0v) is 14.7. The van der Waals surface area contributed by atoms with Gasteiger partial charge in [0.05, 0.1) is 20.7 Å². The molecule has 2 aromatic carbocycles. The lowest BCUT2D eigenvalue weighted by molar-refractivity contribution is -0.122. The molecule has 0 saturated carbocycles. The molecule has 8 heteroatoms. The van der Waals surface area contributed by atoms with Gasteiger partial charge in [-0.1, -0.05) is 11.6 Å². The molecule has 1 aliphatic heterocycles. The van der Waals surface area contributed by atoms with Crippen LogP contribution in [0.3, 0.4) is 0 Å². The monoisotopic (exact) mass is 412 g/mol. The number of halogens is 3. The third-order valence-electron chi connectivity index (χ3n) is 3.58. The summed E-state index contributed by atoms with van der Waals surface area (Å²) in [5.41, 5.74) is 6.43. The van der Waals surface area contributed by atoms with Gasteiger partial charge in [0.15, 0.2) is 11.9 Å². The highest BCUT2D eigenvalue weighted by atomic mass is 79.9. The van der Waals surface area contributed by atoms with E-state index >= 15 is 0 Å². The van der Waals surface area contributed by atoms with Crippen molar-refractivity contribution in [3.8, 4) is 5.75 Å². The quantitative estimate of drug-likeness (QED) is 0.580. The van der Waals surface area contributed by atoms with Crippen LogP contribution in [-0.2, 0) is 4.79 Å². The number of amides is 1. The Morgan fingerprint density at radius 3 is 2.83 bits per heavy atom. The van der Waals surface area contributed by atoms with Crippen molar-refractivity contribution in [1.29, 1.82) is 0 Å². The van der Waals surface area contributed by atoms with Gasteiger partial charge in [-0.15, -0.1) is 0 Å². The van der Waals surface area contributed by atoms with Crippen molar-refractivity contribution in [2.75, 3.05) is 11.1 Å². The molecule has 1 unspecified atom stereocenters. The fourth-order valence-electron chi connectivity index (χ4n) is 2.36. The Labute approximate surface area is 150 Å². The fourth-order valence-corrected chi connectivity index (χ4v) is 3.27. The number of hydrogen-bond donors (Lipinski definition) is 2. The highest BCUT2D eigenvalue weighted by Gasteiger charge is 2.30. The molecule has 0 aliphatic carbocycles. The van der Waals surface area contributed by atoms with Gasteiger partial charge in [-0.3, -0.25) is 9.59 Å². The SMILES string of the molecule is CC1Oc2cc(N)c(C(=O)c3cc(F)ccc3Cl)c(Br)c2NC1=O. The predicted octanol–water partition coefficient (Wildman–Crippen LogP) is 3.77. The summed E-state index contributed by atoms with van der Waals surface area (Å²) >= 11 is 9.27. The molecule has 0 spiro atoms. The van der Waals surface area contributed by atoms with E-state index in [1.807, 2.05) is 0 Å². The lowest BCUT2D eigenvalue weighted by Crippen LogP contribution is -2.35. The first-order valence-corrected chi connectivity index (χ1v) is 8.06. The zero-order valence-electron chi connectivity index (χ0n) is 12.3. The largest absolute Gasteiger partial charge is 0.479 e. The maximum atomic E-state index is 13.5. The standard InChI is InChI=1S/C16H11BrClFN2O3/c1-6-16(23)21-14-11(24-6)5-10(20)12(13(14)17)15(22)8-4-7(19)2-3-9(8)18/h2-6H,20H2,1H3,(H,21,23). The van der Waals surface area contributed by atoms with E-state index in [0.29, 0.717) is 11.4 Å². The van der Waals surface area contributed by atoms with Gasteiger partial charge in [0.1, 0.15) is 11.6 Å². The van der Waals surface area contributed by atoms with Crippen molar-refractivity contribution in [3.05, 3.63) is 50.7 Å². The smallest absolute Gasteiger partial charge is 0.265 e. The number of ketones is 1. The molecule has 1 heterocycles. The number of carbonyl (C=O) groups excluding carboxylic acids is 2.